The van der Waals surface area contributed by atoms with Gasteiger partial charge in [0.2, 0.25) is 0 Å². The molecule has 3 aromatic heterocycles. The highest BCUT2D eigenvalue weighted by Gasteiger charge is 2.26. The van der Waals surface area contributed by atoms with Crippen molar-refractivity contribution in [2.24, 2.45) is 0 Å². The third-order valence-electron chi connectivity index (χ3n) is 10.7. The lowest BCUT2D eigenvalue weighted by molar-refractivity contribution is 1.17. The van der Waals surface area contributed by atoms with Crippen LogP contribution in [0.4, 0.5) is 0 Å². The second-order valence-corrected chi connectivity index (χ2v) is 13.6. The number of hydrogen-bond donors (Lipinski definition) is 0. The van der Waals surface area contributed by atoms with Gasteiger partial charge in [0.1, 0.15) is 0 Å². The van der Waals surface area contributed by atoms with Crippen molar-refractivity contribution in [1.82, 2.24) is 19.5 Å². The van der Waals surface area contributed by atoms with Crippen molar-refractivity contribution in [1.29, 1.82) is 0 Å². The van der Waals surface area contributed by atoms with Gasteiger partial charge in [-0.3, -0.25) is 4.98 Å². The summed E-state index contributed by atoms with van der Waals surface area (Å²) in [5.41, 5.74) is 15.7. The van der Waals surface area contributed by atoms with Crippen molar-refractivity contribution in [3.8, 4) is 73.0 Å². The molecule has 0 bridgehead atoms. The van der Waals surface area contributed by atoms with Gasteiger partial charge < -0.3 is 4.57 Å². The zero-order valence-electron chi connectivity index (χ0n) is 28.6. The maximum Gasteiger partial charge on any atom is 0.160 e. The van der Waals surface area contributed by atoms with E-state index in [9.17, 15) is 0 Å². The molecule has 246 valence electrons. The second-order valence-electron chi connectivity index (χ2n) is 13.6. The molecule has 11 rings (SSSR count). The molecule has 4 nitrogen and oxygen atoms in total. The van der Waals surface area contributed by atoms with Crippen molar-refractivity contribution in [3.63, 3.8) is 0 Å². The van der Waals surface area contributed by atoms with Crippen molar-refractivity contribution in [2.45, 2.75) is 0 Å². The van der Waals surface area contributed by atoms with E-state index in [1.807, 2.05) is 30.5 Å². The highest BCUT2D eigenvalue weighted by atomic mass is 15.0. The lowest BCUT2D eigenvalue weighted by Gasteiger charge is -2.13. The van der Waals surface area contributed by atoms with E-state index in [-0.39, 0.29) is 0 Å². The fourth-order valence-electron chi connectivity index (χ4n) is 8.20. The Labute approximate surface area is 306 Å². The summed E-state index contributed by atoms with van der Waals surface area (Å²) in [7, 11) is 0. The number of aromatic nitrogens is 4. The van der Waals surface area contributed by atoms with Crippen LogP contribution in [-0.4, -0.2) is 19.5 Å². The number of benzene rings is 7. The van der Waals surface area contributed by atoms with Gasteiger partial charge >= 0.3 is 0 Å². The molecule has 0 atom stereocenters. The Morgan fingerprint density at radius 2 is 1.11 bits per heavy atom. The van der Waals surface area contributed by atoms with E-state index in [2.05, 4.69) is 155 Å². The van der Waals surface area contributed by atoms with Crippen LogP contribution in [0.25, 0.3) is 106 Å². The van der Waals surface area contributed by atoms with E-state index in [1.165, 1.54) is 54.8 Å². The van der Waals surface area contributed by atoms with Gasteiger partial charge in [0.05, 0.1) is 22.4 Å². The highest BCUT2D eigenvalue weighted by Crippen LogP contribution is 2.52. The lowest BCUT2D eigenvalue weighted by atomic mass is 10.00. The van der Waals surface area contributed by atoms with Gasteiger partial charge in [-0.25, -0.2) is 9.97 Å². The number of para-hydroxylation sites is 1. The summed E-state index contributed by atoms with van der Waals surface area (Å²) in [6.45, 7) is 0. The van der Waals surface area contributed by atoms with Gasteiger partial charge in [0, 0.05) is 51.1 Å². The normalized spacial score (nSPS) is 11.8. The predicted octanol–water partition coefficient (Wildman–Crippen LogP) is 12.4. The van der Waals surface area contributed by atoms with E-state index in [0.717, 1.165) is 44.9 Å². The molecule has 4 heteroatoms. The molecule has 0 radical (unpaired) electrons. The number of hydrogen-bond acceptors (Lipinski definition) is 3. The molecule has 7 aromatic carbocycles. The lowest BCUT2D eigenvalue weighted by Crippen LogP contribution is -1.97. The zero-order chi connectivity index (χ0) is 34.9. The van der Waals surface area contributed by atoms with Crippen LogP contribution in [0.15, 0.2) is 182 Å². The third kappa shape index (κ3) is 4.66. The molecule has 0 unspecified atom stereocenters. The minimum absolute atomic E-state index is 0.699. The molecule has 53 heavy (non-hydrogen) atoms. The standard InChI is InChI=1S/C49H30N4/c1-2-9-35(10-3-1)49-51-43(32-20-18-31(19-21-32)36-13-8-28-50-30-36)29-44(52-49)33-22-24-37(25-23-33)53-45-17-5-4-14-38(45)41-27-26-40-39-15-6-11-34-12-7-16-42(46(34)39)47(40)48(41)53/h1-30H. The molecule has 1 aliphatic carbocycles. The summed E-state index contributed by atoms with van der Waals surface area (Å²) >= 11 is 0. The number of fused-ring (bicyclic) bond motifs is 7. The first kappa shape index (κ1) is 29.5. The van der Waals surface area contributed by atoms with Gasteiger partial charge in [0.25, 0.3) is 0 Å². The molecule has 0 N–H and O–H groups in total. The molecule has 10 aromatic rings. The molecule has 0 saturated heterocycles. The SMILES string of the molecule is c1ccc(-c2nc(-c3ccc(-c4cccnc4)cc3)cc(-c3ccc(-n4c5ccccc5c5ccc6c(c54)-c4cccc5cccc-6c45)cc3)n2)cc1. The first-order valence-corrected chi connectivity index (χ1v) is 17.9. The minimum atomic E-state index is 0.699. The van der Waals surface area contributed by atoms with Gasteiger partial charge in [-0.1, -0.05) is 140 Å². The van der Waals surface area contributed by atoms with Crippen molar-refractivity contribution in [2.75, 3.05) is 0 Å². The average molecular weight is 675 g/mol. The topological polar surface area (TPSA) is 43.6 Å². The van der Waals surface area contributed by atoms with Crippen LogP contribution >= 0.6 is 0 Å². The van der Waals surface area contributed by atoms with Crippen LogP contribution in [0.2, 0.25) is 0 Å². The maximum atomic E-state index is 5.12. The molecular weight excluding hydrogens is 645 g/mol. The molecular formula is C49H30N4. The fourth-order valence-corrected chi connectivity index (χ4v) is 8.20. The van der Waals surface area contributed by atoms with Crippen LogP contribution < -0.4 is 0 Å². The highest BCUT2D eigenvalue weighted by molar-refractivity contribution is 6.24. The van der Waals surface area contributed by atoms with E-state index < -0.39 is 0 Å². The van der Waals surface area contributed by atoms with Gasteiger partial charge in [-0.05, 0) is 68.9 Å². The first-order chi connectivity index (χ1) is 26.3. The summed E-state index contributed by atoms with van der Waals surface area (Å²) in [5.74, 6) is 0.699. The van der Waals surface area contributed by atoms with Crippen LogP contribution in [-0.2, 0) is 0 Å². The van der Waals surface area contributed by atoms with Crippen LogP contribution in [0.1, 0.15) is 0 Å². The Morgan fingerprint density at radius 3 is 1.87 bits per heavy atom. The van der Waals surface area contributed by atoms with Gasteiger partial charge in [-0.15, -0.1) is 0 Å². The Bertz CT molecular complexity index is 3010. The van der Waals surface area contributed by atoms with E-state index in [4.69, 9.17) is 9.97 Å². The van der Waals surface area contributed by atoms with Gasteiger partial charge in [-0.2, -0.15) is 0 Å². The quantitative estimate of drug-likeness (QED) is 0.182. The second kappa shape index (κ2) is 11.7. The largest absolute Gasteiger partial charge is 0.309 e. The summed E-state index contributed by atoms with van der Waals surface area (Å²) < 4.78 is 2.45. The smallest absolute Gasteiger partial charge is 0.160 e. The summed E-state index contributed by atoms with van der Waals surface area (Å²) in [4.78, 5) is 14.5. The molecule has 0 amide bonds. The monoisotopic (exact) mass is 674 g/mol. The van der Waals surface area contributed by atoms with Gasteiger partial charge in [0.15, 0.2) is 5.82 Å². The zero-order valence-corrected chi connectivity index (χ0v) is 28.6. The average Bonchev–Trinajstić information content (AvgIpc) is 3.75. The van der Waals surface area contributed by atoms with Crippen molar-refractivity contribution in [3.05, 3.63) is 182 Å². The van der Waals surface area contributed by atoms with Crippen LogP contribution in [0, 0.1) is 0 Å². The van der Waals surface area contributed by atoms with E-state index >= 15 is 0 Å². The molecule has 0 saturated carbocycles. The van der Waals surface area contributed by atoms with E-state index in [1.54, 1.807) is 6.20 Å². The summed E-state index contributed by atoms with van der Waals surface area (Å²) in [5, 5.41) is 5.13. The predicted molar refractivity (Wildman–Crippen MR) is 218 cm³/mol. The summed E-state index contributed by atoms with van der Waals surface area (Å²) in [6.07, 6.45) is 3.69. The molecule has 3 heterocycles. The minimum Gasteiger partial charge on any atom is -0.309 e. The Hall–Kier alpha value is -7.17. The van der Waals surface area contributed by atoms with Crippen molar-refractivity contribution >= 4 is 32.6 Å². The number of nitrogens with zero attached hydrogens (tertiary/aromatic N) is 4. The van der Waals surface area contributed by atoms with Crippen molar-refractivity contribution < 1.29 is 0 Å². The van der Waals surface area contributed by atoms with Crippen LogP contribution in [0.5, 0.6) is 0 Å². The molecule has 0 spiro atoms. The Morgan fingerprint density at radius 1 is 0.434 bits per heavy atom. The number of pyridine rings is 1. The molecule has 1 aliphatic rings. The Balaban J connectivity index is 1.06. The summed E-state index contributed by atoms with van der Waals surface area (Å²) in [6, 6.07) is 60.5. The number of rotatable bonds is 5. The fraction of sp³-hybridized carbons (Fsp3) is 0. The Kier molecular flexibility index (Phi) is 6.52. The molecule has 0 fully saturated rings. The third-order valence-corrected chi connectivity index (χ3v) is 10.7. The van der Waals surface area contributed by atoms with Crippen LogP contribution in [0.3, 0.4) is 0 Å². The molecule has 0 aliphatic heterocycles. The van der Waals surface area contributed by atoms with E-state index in [0.29, 0.717) is 5.82 Å². The maximum absolute atomic E-state index is 5.12. The first-order valence-electron chi connectivity index (χ1n) is 17.9.